The molecule has 4 bridgehead atoms. The molecule has 7 heteroatoms. The van der Waals surface area contributed by atoms with Crippen molar-refractivity contribution in [2.45, 2.75) is 70.4 Å². The van der Waals surface area contributed by atoms with Crippen molar-refractivity contribution in [1.82, 2.24) is 0 Å². The number of hydrogen-bond acceptors (Lipinski definition) is 5. The average molecular weight is 1340 g/mol. The van der Waals surface area contributed by atoms with Crippen molar-refractivity contribution >= 4 is 103 Å². The molecule has 6 heterocycles. The number of piperidine rings is 2. The number of fused-ring (bicyclic) bond motifs is 8. The molecule has 2 saturated heterocycles. The van der Waals surface area contributed by atoms with Crippen LogP contribution in [0.4, 0.5) is 56.9 Å². The van der Waals surface area contributed by atoms with E-state index in [1.54, 1.807) is 0 Å². The lowest BCUT2D eigenvalue weighted by Crippen LogP contribution is -2.64. The van der Waals surface area contributed by atoms with E-state index in [0.717, 1.165) is 113 Å². The minimum atomic E-state index is -0.260. The molecule has 5 nitrogen and oxygen atoms in total. The van der Waals surface area contributed by atoms with Crippen LogP contribution in [-0.2, 0) is 5.41 Å². The average Bonchev–Trinajstić information content (AvgIpc) is 0.689. The summed E-state index contributed by atoms with van der Waals surface area (Å²) >= 11 is 0. The topological polar surface area (TPSA) is 22.2 Å². The van der Waals surface area contributed by atoms with E-state index in [2.05, 4.69) is 362 Å². The first-order valence-electron chi connectivity index (χ1n) is 37.5. The largest absolute Gasteiger partial charge is 0.458 e. The fraction of sp³-hybridized carbons (Fsp3) is 0.134. The summed E-state index contributed by atoms with van der Waals surface area (Å²) in [7, 11) is 0. The van der Waals surface area contributed by atoms with Crippen LogP contribution < -0.4 is 57.1 Å². The van der Waals surface area contributed by atoms with E-state index in [4.69, 9.17) is 4.74 Å². The molecule has 2 saturated carbocycles. The maximum absolute atomic E-state index is 8.08. The van der Waals surface area contributed by atoms with Crippen molar-refractivity contribution < 1.29 is 4.74 Å². The lowest BCUT2D eigenvalue weighted by molar-refractivity contribution is 0.0900. The number of para-hydroxylation sites is 3. The van der Waals surface area contributed by atoms with E-state index < -0.39 is 0 Å². The highest BCUT2D eigenvalue weighted by Gasteiger charge is 2.52. The maximum atomic E-state index is 8.08. The van der Waals surface area contributed by atoms with E-state index in [9.17, 15) is 0 Å². The smallest absolute Gasteiger partial charge is 0.256 e. The van der Waals surface area contributed by atoms with Gasteiger partial charge in [0, 0.05) is 85.9 Å². The highest BCUT2D eigenvalue weighted by Crippen LogP contribution is 2.58. The molecule has 2 aliphatic carbocycles. The lowest BCUT2D eigenvalue weighted by atomic mass is 9.30. The molecule has 4 fully saturated rings. The third kappa shape index (κ3) is 9.69. The molecular formula is C97H76B2N4O. The Hall–Kier alpha value is -11.8. The normalized spacial score (nSPS) is 17.5. The molecule has 0 spiro atoms. The van der Waals surface area contributed by atoms with Crippen LogP contribution in [0.15, 0.2) is 322 Å². The van der Waals surface area contributed by atoms with Gasteiger partial charge in [-0.05, 0) is 205 Å². The van der Waals surface area contributed by atoms with Crippen LogP contribution in [0.3, 0.4) is 0 Å². The molecule has 8 aliphatic rings. The van der Waals surface area contributed by atoms with E-state index in [0.29, 0.717) is 12.1 Å². The Morgan fingerprint density at radius 3 is 1.13 bits per heavy atom. The molecule has 0 unspecified atom stereocenters. The lowest BCUT2D eigenvalue weighted by Gasteiger charge is -2.58. The minimum Gasteiger partial charge on any atom is -0.458 e. The molecule has 0 aromatic heterocycles. The zero-order chi connectivity index (χ0) is 68.9. The van der Waals surface area contributed by atoms with Crippen LogP contribution in [0.5, 0.6) is 11.5 Å². The second kappa shape index (κ2) is 23.9. The zero-order valence-corrected chi connectivity index (χ0v) is 58.8. The molecular weight excluding hydrogens is 1260 g/mol. The number of benzene rings is 14. The fourth-order valence-electron chi connectivity index (χ4n) is 19.7. The van der Waals surface area contributed by atoms with Gasteiger partial charge < -0.3 is 24.3 Å². The van der Waals surface area contributed by atoms with Crippen LogP contribution >= 0.6 is 0 Å². The van der Waals surface area contributed by atoms with Gasteiger partial charge in [0.2, 0.25) is 0 Å². The first-order chi connectivity index (χ1) is 51.2. The first-order valence-corrected chi connectivity index (χ1v) is 37.5. The number of hydrogen-bond donors (Lipinski definition) is 0. The molecule has 0 amide bonds. The summed E-state index contributed by atoms with van der Waals surface area (Å²) in [5, 5.41) is 0. The van der Waals surface area contributed by atoms with Crippen molar-refractivity contribution in [2.24, 2.45) is 11.8 Å². The highest BCUT2D eigenvalue weighted by molar-refractivity contribution is 7.02. The highest BCUT2D eigenvalue weighted by atomic mass is 16.5. The van der Waals surface area contributed by atoms with E-state index in [1.165, 1.54) is 104 Å². The Labute approximate surface area is 611 Å². The van der Waals surface area contributed by atoms with Gasteiger partial charge in [0.05, 0.1) is 11.4 Å². The van der Waals surface area contributed by atoms with Crippen LogP contribution in [0, 0.1) is 11.8 Å². The molecule has 6 aliphatic heterocycles. The Bertz CT molecular complexity index is 5580. The van der Waals surface area contributed by atoms with Gasteiger partial charge >= 0.3 is 0 Å². The number of rotatable bonds is 10. The predicted molar refractivity (Wildman–Crippen MR) is 438 cm³/mol. The summed E-state index contributed by atoms with van der Waals surface area (Å²) in [4.78, 5) is 10.9. The monoisotopic (exact) mass is 1330 g/mol. The Kier molecular flexibility index (Phi) is 14.0. The molecule has 0 radical (unpaired) electrons. The van der Waals surface area contributed by atoms with Gasteiger partial charge in [-0.2, -0.15) is 0 Å². The van der Waals surface area contributed by atoms with E-state index in [1.807, 2.05) is 0 Å². The Morgan fingerprint density at radius 1 is 0.288 bits per heavy atom. The summed E-state index contributed by atoms with van der Waals surface area (Å²) < 4.78 is 8.08. The number of ether oxygens (including phenoxy) is 1. The van der Waals surface area contributed by atoms with Gasteiger partial charge in [0.15, 0.2) is 0 Å². The standard InChI is InChI=1S/C97H76B2N4O/c1-97(2,3)72-56-88-94-92(57-72)104-91-61-87-83(60-84(91)99(94)82-44-26-28-46-86(82)102(88)95-77(66-33-15-6-16-34-66)52-70(64-29-11-4-12-30-64)53-78(95)67-35-17-7-18-36-67)98-81-43-25-27-45-85(81)101(73-41-23-10-24-42-73)89-58-76(100-74-48-62-47-63(50-74)51-75(100)49-62)59-90(93(89)98)103(87)96-79(68-37-19-8-20-38-68)54-71(65-31-13-5-14-32-65)55-80(96)69-39-21-9-22-40-69/h4-46,52-63,74-75H,47-51H2,1-3H3. The number of nitrogens with zero attached hydrogens (tertiary/aromatic N) is 4. The van der Waals surface area contributed by atoms with Crippen molar-refractivity contribution in [3.63, 3.8) is 0 Å². The van der Waals surface area contributed by atoms with Crippen molar-refractivity contribution in [2.75, 3.05) is 19.6 Å². The van der Waals surface area contributed by atoms with Crippen molar-refractivity contribution in [3.05, 3.63) is 327 Å². The quantitative estimate of drug-likeness (QED) is 0.127. The minimum absolute atomic E-state index is 0.177. The third-order valence-corrected chi connectivity index (χ3v) is 24.0. The summed E-state index contributed by atoms with van der Waals surface area (Å²) in [6, 6.07) is 122. The number of anilines is 10. The van der Waals surface area contributed by atoms with Gasteiger partial charge in [-0.15, -0.1) is 0 Å². The second-order valence-electron chi connectivity index (χ2n) is 31.1. The van der Waals surface area contributed by atoms with Crippen molar-refractivity contribution in [1.29, 1.82) is 0 Å². The van der Waals surface area contributed by atoms with Crippen LogP contribution in [0.1, 0.15) is 58.4 Å². The zero-order valence-electron chi connectivity index (χ0n) is 58.8. The molecule has 22 rings (SSSR count). The van der Waals surface area contributed by atoms with E-state index >= 15 is 0 Å². The SMILES string of the molecule is CC(C)(C)c1cc2c3c(c1)N(c1c(-c4ccccc4)cc(-c4ccccc4)cc1-c1ccccc1)c1ccccc1B3c1cc3c(cc1O2)N(c1c(-c2ccccc2)cc(-c2ccccc2)cc1-c1ccccc1)c1cc(N2C4CC5CC(C4)CC2C5)cc2c1B3c1ccccc1N2c1ccccc1. The molecule has 0 N–H and O–H groups in total. The summed E-state index contributed by atoms with van der Waals surface area (Å²) in [6.45, 7) is 6.66. The molecule has 104 heavy (non-hydrogen) atoms. The molecule has 14 aromatic carbocycles. The predicted octanol–water partition coefficient (Wildman–Crippen LogP) is 21.2. The molecule has 14 aromatic rings. The molecule has 0 atom stereocenters. The second-order valence-corrected chi connectivity index (χ2v) is 31.1. The van der Waals surface area contributed by atoms with Gasteiger partial charge in [0.1, 0.15) is 11.5 Å². The summed E-state index contributed by atoms with van der Waals surface area (Å²) in [5.41, 5.74) is 34.0. The van der Waals surface area contributed by atoms with Crippen LogP contribution in [-0.4, -0.2) is 25.5 Å². The van der Waals surface area contributed by atoms with Gasteiger partial charge in [-0.1, -0.05) is 263 Å². The van der Waals surface area contributed by atoms with Crippen molar-refractivity contribution in [3.8, 4) is 78.3 Å². The summed E-state index contributed by atoms with van der Waals surface area (Å²) in [5.74, 6) is 3.35. The first kappa shape index (κ1) is 60.9. The van der Waals surface area contributed by atoms with Gasteiger partial charge in [-0.25, -0.2) is 0 Å². The maximum Gasteiger partial charge on any atom is 0.256 e. The van der Waals surface area contributed by atoms with E-state index in [-0.39, 0.29) is 18.8 Å². The van der Waals surface area contributed by atoms with Gasteiger partial charge in [-0.3, -0.25) is 0 Å². The fourth-order valence-corrected chi connectivity index (χ4v) is 19.7. The van der Waals surface area contributed by atoms with Crippen LogP contribution in [0.2, 0.25) is 0 Å². The van der Waals surface area contributed by atoms with Gasteiger partial charge in [0.25, 0.3) is 13.4 Å². The third-order valence-electron chi connectivity index (χ3n) is 24.0. The Morgan fingerprint density at radius 2 is 0.673 bits per heavy atom. The Balaban J connectivity index is 0.872. The summed E-state index contributed by atoms with van der Waals surface area (Å²) in [6.07, 6.45) is 6.41. The van der Waals surface area contributed by atoms with Crippen LogP contribution in [0.25, 0.3) is 66.8 Å². The molecule has 496 valence electrons.